The van der Waals surface area contributed by atoms with Gasteiger partial charge < -0.3 is 4.84 Å². The van der Waals surface area contributed by atoms with Crippen molar-refractivity contribution in [3.63, 3.8) is 0 Å². The lowest BCUT2D eigenvalue weighted by molar-refractivity contribution is -1.07. The summed E-state index contributed by atoms with van der Waals surface area (Å²) in [7, 11) is 2.15. The van der Waals surface area contributed by atoms with Gasteiger partial charge in [-0.2, -0.15) is 0 Å². The fourth-order valence-corrected chi connectivity index (χ4v) is 1.94. The Morgan fingerprint density at radius 3 is 2.64 bits per heavy atom. The van der Waals surface area contributed by atoms with Gasteiger partial charge in [0.05, 0.1) is 0 Å². The molecule has 0 spiro atoms. The molecule has 0 saturated carbocycles. The first-order valence-electron chi connectivity index (χ1n) is 5.29. The lowest BCUT2D eigenvalue weighted by Gasteiger charge is -2.34. The summed E-state index contributed by atoms with van der Waals surface area (Å²) in [6.07, 6.45) is 3.88. The summed E-state index contributed by atoms with van der Waals surface area (Å²) in [6, 6.07) is 10.9. The van der Waals surface area contributed by atoms with Gasteiger partial charge in [-0.25, -0.2) is 0 Å². The van der Waals surface area contributed by atoms with E-state index in [0.29, 0.717) is 4.65 Å². The predicted octanol–water partition coefficient (Wildman–Crippen LogP) is 2.41. The summed E-state index contributed by atoms with van der Waals surface area (Å²) in [5, 5.41) is 0. The Morgan fingerprint density at radius 1 is 1.21 bits per heavy atom. The number of benzene rings is 1. The molecule has 0 atom stereocenters. The molecule has 1 radical (unpaired) electrons. The van der Waals surface area contributed by atoms with Crippen LogP contribution in [0, 0.1) is 6.07 Å². The SMILES string of the molecule is C[N+]1(Oc2[c]cccc2)CCCCC1. The van der Waals surface area contributed by atoms with Gasteiger partial charge in [-0.05, 0) is 12.5 Å². The molecule has 1 aliphatic heterocycles. The van der Waals surface area contributed by atoms with Gasteiger partial charge in [-0.15, -0.1) is 4.65 Å². The second-order valence-electron chi connectivity index (χ2n) is 4.12. The fourth-order valence-electron chi connectivity index (χ4n) is 1.94. The van der Waals surface area contributed by atoms with Crippen LogP contribution in [-0.4, -0.2) is 24.8 Å². The van der Waals surface area contributed by atoms with Crippen LogP contribution in [0.15, 0.2) is 24.3 Å². The molecule has 0 aliphatic carbocycles. The van der Waals surface area contributed by atoms with Gasteiger partial charge >= 0.3 is 0 Å². The van der Waals surface area contributed by atoms with E-state index in [1.807, 2.05) is 24.3 Å². The number of quaternary nitrogens is 1. The molecular formula is C12H17NO+. The lowest BCUT2D eigenvalue weighted by Crippen LogP contribution is -2.50. The maximum Gasteiger partial charge on any atom is 0.198 e. The van der Waals surface area contributed by atoms with Crippen molar-refractivity contribution in [2.24, 2.45) is 0 Å². The molecule has 1 heterocycles. The normalized spacial score (nSPS) is 20.4. The number of nitrogens with zero attached hydrogens (tertiary/aromatic N) is 1. The highest BCUT2D eigenvalue weighted by atomic mass is 16.7. The van der Waals surface area contributed by atoms with Crippen LogP contribution in [0.25, 0.3) is 0 Å². The molecule has 2 rings (SSSR count). The van der Waals surface area contributed by atoms with E-state index in [2.05, 4.69) is 13.1 Å². The Morgan fingerprint density at radius 2 is 2.00 bits per heavy atom. The van der Waals surface area contributed by atoms with Crippen molar-refractivity contribution in [2.75, 3.05) is 20.1 Å². The Labute approximate surface area is 85.7 Å². The third-order valence-corrected chi connectivity index (χ3v) is 2.76. The zero-order chi connectivity index (χ0) is 9.86. The number of piperidine rings is 1. The number of para-hydroxylation sites is 1. The minimum absolute atomic E-state index is 0.709. The highest BCUT2D eigenvalue weighted by molar-refractivity contribution is 5.18. The fraction of sp³-hybridized carbons (Fsp3) is 0.500. The van der Waals surface area contributed by atoms with E-state index >= 15 is 0 Å². The summed E-state index contributed by atoms with van der Waals surface area (Å²) >= 11 is 0. The van der Waals surface area contributed by atoms with Crippen LogP contribution in [-0.2, 0) is 0 Å². The molecule has 1 fully saturated rings. The standard InChI is InChI=1S/C12H17NO/c1-13(10-6-3-7-11-13)14-12-8-4-2-5-9-12/h2,4-5,8H,3,6-7,10-11H2,1H3/q+1. The van der Waals surface area contributed by atoms with Crippen LogP contribution in [0.2, 0.25) is 0 Å². The number of hydrogen-bond acceptors (Lipinski definition) is 1. The number of hydroxylamine groups is 3. The topological polar surface area (TPSA) is 9.23 Å². The Bertz CT molecular complexity index is 278. The molecule has 1 saturated heterocycles. The summed E-state index contributed by atoms with van der Waals surface area (Å²) in [4.78, 5) is 5.92. The van der Waals surface area contributed by atoms with Crippen molar-refractivity contribution in [1.29, 1.82) is 0 Å². The van der Waals surface area contributed by atoms with E-state index in [9.17, 15) is 0 Å². The lowest BCUT2D eigenvalue weighted by atomic mass is 10.1. The van der Waals surface area contributed by atoms with Crippen molar-refractivity contribution in [3.05, 3.63) is 30.3 Å². The summed E-state index contributed by atoms with van der Waals surface area (Å²) < 4.78 is 0.709. The van der Waals surface area contributed by atoms with E-state index in [4.69, 9.17) is 4.84 Å². The quantitative estimate of drug-likeness (QED) is 0.652. The molecule has 1 aliphatic rings. The van der Waals surface area contributed by atoms with E-state index in [0.717, 1.165) is 18.8 Å². The zero-order valence-corrected chi connectivity index (χ0v) is 8.70. The maximum absolute atomic E-state index is 5.92. The minimum Gasteiger partial charge on any atom is -0.315 e. The van der Waals surface area contributed by atoms with Gasteiger partial charge in [0.2, 0.25) is 0 Å². The highest BCUT2D eigenvalue weighted by Gasteiger charge is 2.27. The summed E-state index contributed by atoms with van der Waals surface area (Å²) in [6.45, 7) is 2.23. The van der Waals surface area contributed by atoms with Crippen molar-refractivity contribution in [1.82, 2.24) is 0 Å². The van der Waals surface area contributed by atoms with E-state index in [-0.39, 0.29) is 0 Å². The molecule has 1 aromatic carbocycles. The van der Waals surface area contributed by atoms with Crippen molar-refractivity contribution in [2.45, 2.75) is 19.3 Å². The Kier molecular flexibility index (Phi) is 2.73. The molecule has 75 valence electrons. The molecule has 0 N–H and O–H groups in total. The first-order valence-corrected chi connectivity index (χ1v) is 5.29. The van der Waals surface area contributed by atoms with Gasteiger partial charge in [0, 0.05) is 18.9 Å². The van der Waals surface area contributed by atoms with E-state index < -0.39 is 0 Å². The maximum atomic E-state index is 5.92. The monoisotopic (exact) mass is 191 g/mol. The molecule has 0 unspecified atom stereocenters. The zero-order valence-electron chi connectivity index (χ0n) is 8.70. The molecule has 14 heavy (non-hydrogen) atoms. The van der Waals surface area contributed by atoms with Crippen LogP contribution >= 0.6 is 0 Å². The van der Waals surface area contributed by atoms with Gasteiger partial charge in [0.15, 0.2) is 5.75 Å². The summed E-state index contributed by atoms with van der Waals surface area (Å²) in [5.41, 5.74) is 0. The average molecular weight is 191 g/mol. The number of likely N-dealkylation sites (tertiary alicyclic amines) is 1. The first kappa shape index (κ1) is 9.53. The first-order chi connectivity index (χ1) is 6.79. The third kappa shape index (κ3) is 2.26. The van der Waals surface area contributed by atoms with Crippen LogP contribution in [0.4, 0.5) is 0 Å². The average Bonchev–Trinajstić information content (AvgIpc) is 2.19. The third-order valence-electron chi connectivity index (χ3n) is 2.76. The van der Waals surface area contributed by atoms with Gasteiger partial charge in [0.1, 0.15) is 20.1 Å². The molecule has 1 aromatic rings. The predicted molar refractivity (Wildman–Crippen MR) is 55.7 cm³/mol. The van der Waals surface area contributed by atoms with E-state index in [1.54, 1.807) is 0 Å². The largest absolute Gasteiger partial charge is 0.315 e. The second-order valence-corrected chi connectivity index (χ2v) is 4.12. The van der Waals surface area contributed by atoms with Crippen LogP contribution in [0.5, 0.6) is 5.75 Å². The molecule has 0 aromatic heterocycles. The smallest absolute Gasteiger partial charge is 0.198 e. The Balaban J connectivity index is 2.02. The molecule has 2 nitrogen and oxygen atoms in total. The van der Waals surface area contributed by atoms with E-state index in [1.165, 1.54) is 19.3 Å². The van der Waals surface area contributed by atoms with Crippen LogP contribution in [0.3, 0.4) is 0 Å². The molecule has 0 bridgehead atoms. The van der Waals surface area contributed by atoms with Crippen molar-refractivity contribution in [3.8, 4) is 5.75 Å². The number of hydrogen-bond donors (Lipinski definition) is 0. The molecule has 2 heteroatoms. The Hall–Kier alpha value is -1.02. The van der Waals surface area contributed by atoms with Crippen LogP contribution in [0.1, 0.15) is 19.3 Å². The van der Waals surface area contributed by atoms with Crippen molar-refractivity contribution < 1.29 is 9.48 Å². The number of rotatable bonds is 2. The second kappa shape index (κ2) is 4.01. The molecule has 0 amide bonds. The van der Waals surface area contributed by atoms with Crippen molar-refractivity contribution >= 4 is 0 Å². The van der Waals surface area contributed by atoms with Crippen LogP contribution < -0.4 is 4.84 Å². The van der Waals surface area contributed by atoms with Gasteiger partial charge in [-0.1, -0.05) is 18.2 Å². The summed E-state index contributed by atoms with van der Waals surface area (Å²) in [5.74, 6) is 0.858. The van der Waals surface area contributed by atoms with Gasteiger partial charge in [-0.3, -0.25) is 0 Å². The minimum atomic E-state index is 0.709. The van der Waals surface area contributed by atoms with Gasteiger partial charge in [0.25, 0.3) is 0 Å². The highest BCUT2D eigenvalue weighted by Crippen LogP contribution is 2.20. The molecular weight excluding hydrogens is 174 g/mol.